The smallest absolute Gasteiger partial charge is 0.138 e. The van der Waals surface area contributed by atoms with E-state index in [2.05, 4.69) is 45.5 Å². The van der Waals surface area contributed by atoms with Crippen molar-refractivity contribution in [2.75, 3.05) is 0 Å². The van der Waals surface area contributed by atoms with Gasteiger partial charge in [0.05, 0.1) is 4.47 Å². The van der Waals surface area contributed by atoms with Gasteiger partial charge < -0.3 is 10.1 Å². The molecule has 2 aromatic carbocycles. The van der Waals surface area contributed by atoms with Gasteiger partial charge in [-0.2, -0.15) is 0 Å². The lowest BCUT2D eigenvalue weighted by Gasteiger charge is -2.14. The van der Waals surface area contributed by atoms with E-state index >= 15 is 0 Å². The highest BCUT2D eigenvalue weighted by molar-refractivity contribution is 9.10. The molecular weight excluding hydrogens is 314 g/mol. The minimum atomic E-state index is 0.597. The molecule has 1 saturated carbocycles. The number of para-hydroxylation sites is 1. The Labute approximate surface area is 128 Å². The number of nitrogens with one attached hydrogen (secondary N) is 1. The van der Waals surface area contributed by atoms with Crippen molar-refractivity contribution in [3.8, 4) is 5.75 Å². The molecule has 1 fully saturated rings. The maximum atomic E-state index is 6.02. The number of rotatable bonds is 6. The van der Waals surface area contributed by atoms with Crippen LogP contribution in [0.15, 0.2) is 53.0 Å². The number of ether oxygens (including phenoxy) is 1. The fourth-order valence-electron chi connectivity index (χ4n) is 2.13. The molecule has 20 heavy (non-hydrogen) atoms. The van der Waals surface area contributed by atoms with E-state index in [4.69, 9.17) is 4.74 Å². The third-order valence-electron chi connectivity index (χ3n) is 3.43. The summed E-state index contributed by atoms with van der Waals surface area (Å²) in [7, 11) is 0. The van der Waals surface area contributed by atoms with Crippen LogP contribution in [0.2, 0.25) is 0 Å². The molecule has 1 aliphatic carbocycles. The summed E-state index contributed by atoms with van der Waals surface area (Å²) in [6.45, 7) is 1.47. The minimum absolute atomic E-state index is 0.597. The van der Waals surface area contributed by atoms with Crippen LogP contribution in [0.1, 0.15) is 24.0 Å². The molecule has 0 heterocycles. The molecule has 0 saturated heterocycles. The molecule has 0 bridgehead atoms. The van der Waals surface area contributed by atoms with Gasteiger partial charge in [-0.3, -0.25) is 0 Å². The van der Waals surface area contributed by atoms with E-state index < -0.39 is 0 Å². The number of hydrogen-bond acceptors (Lipinski definition) is 2. The summed E-state index contributed by atoms with van der Waals surface area (Å²) in [5.41, 5.74) is 2.39. The summed E-state index contributed by atoms with van der Waals surface area (Å²) < 4.78 is 7.04. The van der Waals surface area contributed by atoms with Gasteiger partial charge in [-0.05, 0) is 40.4 Å². The Bertz CT molecular complexity index is 566. The van der Waals surface area contributed by atoms with Gasteiger partial charge in [0.1, 0.15) is 12.4 Å². The summed E-state index contributed by atoms with van der Waals surface area (Å²) in [6.07, 6.45) is 2.60. The van der Waals surface area contributed by atoms with E-state index in [9.17, 15) is 0 Å². The summed E-state index contributed by atoms with van der Waals surface area (Å²) in [6, 6.07) is 17.2. The predicted octanol–water partition coefficient (Wildman–Crippen LogP) is 4.28. The maximum Gasteiger partial charge on any atom is 0.138 e. The molecule has 0 spiro atoms. The average molecular weight is 332 g/mol. The lowest BCUT2D eigenvalue weighted by molar-refractivity contribution is 0.300. The lowest BCUT2D eigenvalue weighted by Crippen LogP contribution is -2.16. The predicted molar refractivity (Wildman–Crippen MR) is 84.8 cm³/mol. The normalized spacial score (nSPS) is 14.2. The number of hydrogen-bond donors (Lipinski definition) is 1. The lowest BCUT2D eigenvalue weighted by atomic mass is 10.2. The fourth-order valence-corrected chi connectivity index (χ4v) is 2.65. The van der Waals surface area contributed by atoms with Gasteiger partial charge >= 0.3 is 0 Å². The molecule has 3 rings (SSSR count). The Hall–Kier alpha value is -1.32. The van der Waals surface area contributed by atoms with Crippen LogP contribution in [0.4, 0.5) is 0 Å². The standard InChI is InChI=1S/C17H18BrNO/c18-16-8-4-7-14(11-19-15-9-10-15)17(16)20-12-13-5-2-1-3-6-13/h1-8,15,19H,9-12H2. The van der Waals surface area contributed by atoms with Gasteiger partial charge in [-0.25, -0.2) is 0 Å². The number of halogens is 1. The summed E-state index contributed by atoms with van der Waals surface area (Å²) >= 11 is 3.59. The quantitative estimate of drug-likeness (QED) is 0.852. The highest BCUT2D eigenvalue weighted by Crippen LogP contribution is 2.30. The van der Waals surface area contributed by atoms with Gasteiger partial charge in [-0.15, -0.1) is 0 Å². The zero-order chi connectivity index (χ0) is 13.8. The summed E-state index contributed by atoms with van der Waals surface area (Å²) in [5, 5.41) is 3.54. The molecule has 0 radical (unpaired) electrons. The maximum absolute atomic E-state index is 6.02. The second kappa shape index (κ2) is 6.42. The molecule has 0 aliphatic heterocycles. The van der Waals surface area contributed by atoms with Gasteiger partial charge in [0.25, 0.3) is 0 Å². The molecular formula is C17H18BrNO. The van der Waals surface area contributed by atoms with Crippen molar-refractivity contribution >= 4 is 15.9 Å². The van der Waals surface area contributed by atoms with E-state index in [0.717, 1.165) is 16.8 Å². The van der Waals surface area contributed by atoms with E-state index in [1.807, 2.05) is 24.3 Å². The van der Waals surface area contributed by atoms with Crippen molar-refractivity contribution in [2.45, 2.75) is 32.0 Å². The Morgan fingerprint density at radius 1 is 1.05 bits per heavy atom. The first-order valence-electron chi connectivity index (χ1n) is 7.00. The molecule has 2 aromatic rings. The van der Waals surface area contributed by atoms with Crippen LogP contribution >= 0.6 is 15.9 Å². The van der Waals surface area contributed by atoms with Crippen LogP contribution < -0.4 is 10.1 Å². The molecule has 0 amide bonds. The van der Waals surface area contributed by atoms with Gasteiger partial charge in [0, 0.05) is 18.2 Å². The van der Waals surface area contributed by atoms with Crippen molar-refractivity contribution in [3.05, 3.63) is 64.1 Å². The van der Waals surface area contributed by atoms with E-state index in [1.165, 1.54) is 24.0 Å². The zero-order valence-electron chi connectivity index (χ0n) is 11.3. The summed E-state index contributed by atoms with van der Waals surface area (Å²) in [5.74, 6) is 0.949. The summed E-state index contributed by atoms with van der Waals surface area (Å²) in [4.78, 5) is 0. The van der Waals surface area contributed by atoms with Gasteiger partial charge in [-0.1, -0.05) is 42.5 Å². The van der Waals surface area contributed by atoms with Crippen LogP contribution in [-0.2, 0) is 13.2 Å². The molecule has 1 aliphatic rings. The van der Waals surface area contributed by atoms with Gasteiger partial charge in [0.2, 0.25) is 0 Å². The molecule has 0 atom stereocenters. The van der Waals surface area contributed by atoms with Crippen LogP contribution in [-0.4, -0.2) is 6.04 Å². The van der Waals surface area contributed by atoms with E-state index in [-0.39, 0.29) is 0 Å². The Balaban J connectivity index is 1.69. The Kier molecular flexibility index (Phi) is 4.38. The third kappa shape index (κ3) is 3.62. The highest BCUT2D eigenvalue weighted by atomic mass is 79.9. The molecule has 2 nitrogen and oxygen atoms in total. The van der Waals surface area contributed by atoms with Crippen LogP contribution in [0.25, 0.3) is 0 Å². The zero-order valence-corrected chi connectivity index (χ0v) is 12.9. The van der Waals surface area contributed by atoms with Crippen molar-refractivity contribution in [3.63, 3.8) is 0 Å². The van der Waals surface area contributed by atoms with Gasteiger partial charge in [0.15, 0.2) is 0 Å². The van der Waals surface area contributed by atoms with E-state index in [1.54, 1.807) is 0 Å². The number of benzene rings is 2. The fraction of sp³-hybridized carbons (Fsp3) is 0.294. The van der Waals surface area contributed by atoms with Crippen LogP contribution in [0.5, 0.6) is 5.75 Å². The molecule has 0 aromatic heterocycles. The van der Waals surface area contributed by atoms with Crippen LogP contribution in [0.3, 0.4) is 0 Å². The topological polar surface area (TPSA) is 21.3 Å². The Morgan fingerprint density at radius 2 is 1.85 bits per heavy atom. The largest absolute Gasteiger partial charge is 0.487 e. The molecule has 0 unspecified atom stereocenters. The van der Waals surface area contributed by atoms with Crippen molar-refractivity contribution in [1.82, 2.24) is 5.32 Å². The van der Waals surface area contributed by atoms with Crippen LogP contribution in [0, 0.1) is 0 Å². The first-order valence-corrected chi connectivity index (χ1v) is 7.80. The minimum Gasteiger partial charge on any atom is -0.487 e. The van der Waals surface area contributed by atoms with Crippen molar-refractivity contribution in [2.24, 2.45) is 0 Å². The third-order valence-corrected chi connectivity index (χ3v) is 4.06. The SMILES string of the molecule is Brc1cccc(CNC2CC2)c1OCc1ccccc1. The molecule has 3 heteroatoms. The average Bonchev–Trinajstić information content (AvgIpc) is 3.29. The Morgan fingerprint density at radius 3 is 2.60 bits per heavy atom. The molecule has 1 N–H and O–H groups in total. The van der Waals surface area contributed by atoms with E-state index in [0.29, 0.717) is 12.6 Å². The monoisotopic (exact) mass is 331 g/mol. The van der Waals surface area contributed by atoms with Crippen molar-refractivity contribution < 1.29 is 4.74 Å². The van der Waals surface area contributed by atoms with Crippen molar-refractivity contribution in [1.29, 1.82) is 0 Å². The highest BCUT2D eigenvalue weighted by Gasteiger charge is 2.21. The molecule has 104 valence electrons. The first kappa shape index (κ1) is 13.7. The first-order chi connectivity index (χ1) is 9.83. The second-order valence-electron chi connectivity index (χ2n) is 5.16. The second-order valence-corrected chi connectivity index (χ2v) is 6.01.